The molecule has 0 saturated carbocycles. The molecule has 0 aliphatic carbocycles. The van der Waals surface area contributed by atoms with Gasteiger partial charge in [-0.25, -0.2) is 12.7 Å². The van der Waals surface area contributed by atoms with Gasteiger partial charge in [0.05, 0.1) is 11.5 Å². The Hall–Kier alpha value is -3.03. The van der Waals surface area contributed by atoms with E-state index >= 15 is 0 Å². The topological polar surface area (TPSA) is 71.5 Å². The van der Waals surface area contributed by atoms with Crippen LogP contribution in [0.15, 0.2) is 89.4 Å². The quantitative estimate of drug-likeness (QED) is 0.298. The molecule has 0 saturated heterocycles. The zero-order valence-corrected chi connectivity index (χ0v) is 22.8. The first-order valence-corrected chi connectivity index (χ1v) is 14.0. The molecule has 1 unspecified atom stereocenters. The van der Waals surface area contributed by atoms with Crippen LogP contribution in [0.5, 0.6) is 0 Å². The second-order valence-corrected chi connectivity index (χ2v) is 12.1. The molecule has 3 aromatic rings. The minimum Gasteiger partial charge on any atom is -0.293 e. The number of Topliss-reactive ketones (excluding diaryl/α,β-unsaturated/α-hetero) is 1. The minimum atomic E-state index is -3.99. The number of nitrogens with zero attached hydrogens (tertiary/aromatic N) is 1. The Balaban J connectivity index is 1.67. The number of hydrogen-bond donors (Lipinski definition) is 0. The van der Waals surface area contributed by atoms with Gasteiger partial charge in [0, 0.05) is 21.7 Å². The lowest BCUT2D eigenvalue weighted by molar-refractivity contribution is -0.124. The number of rotatable bonds is 8. The molecule has 3 aromatic carbocycles. The molecule has 1 atom stereocenters. The number of halogens is 1. The van der Waals surface area contributed by atoms with Gasteiger partial charge in [-0.2, -0.15) is 0 Å². The standard InChI is InChI=1S/C29H28BrNO4S/c1-4-29(2,3)31-27(32)19-26(36(31,34)35)23-16-15-20(18-25(23)30)17-24(21-11-7-5-8-12-21)28(33)22-13-9-6-10-14-22/h5-16,18-19,24H,4,17H2,1-3H3. The van der Waals surface area contributed by atoms with Crippen LogP contribution in [0.3, 0.4) is 0 Å². The zero-order chi connectivity index (χ0) is 26.1. The van der Waals surface area contributed by atoms with Gasteiger partial charge in [0.15, 0.2) is 5.78 Å². The second-order valence-electron chi connectivity index (χ2n) is 9.49. The van der Waals surface area contributed by atoms with Crippen molar-refractivity contribution in [2.45, 2.75) is 45.1 Å². The molecule has 1 heterocycles. The monoisotopic (exact) mass is 565 g/mol. The fourth-order valence-corrected chi connectivity index (χ4v) is 7.16. The largest absolute Gasteiger partial charge is 0.293 e. The minimum absolute atomic E-state index is 0.0195. The Bertz CT molecular complexity index is 1430. The average Bonchev–Trinajstić information content (AvgIpc) is 3.11. The van der Waals surface area contributed by atoms with Crippen molar-refractivity contribution in [1.82, 2.24) is 4.31 Å². The van der Waals surface area contributed by atoms with Crippen LogP contribution < -0.4 is 0 Å². The summed E-state index contributed by atoms with van der Waals surface area (Å²) in [4.78, 5) is 26.1. The Labute approximate surface area is 221 Å². The van der Waals surface area contributed by atoms with E-state index in [2.05, 4.69) is 15.9 Å². The highest BCUT2D eigenvalue weighted by Gasteiger charge is 2.46. The number of hydrogen-bond acceptors (Lipinski definition) is 4. The molecule has 36 heavy (non-hydrogen) atoms. The normalized spacial score (nSPS) is 16.1. The third kappa shape index (κ3) is 4.95. The van der Waals surface area contributed by atoms with Crippen LogP contribution in [-0.2, 0) is 21.2 Å². The summed E-state index contributed by atoms with van der Waals surface area (Å²) in [6.07, 6.45) is 2.13. The molecule has 1 amide bonds. The lowest BCUT2D eigenvalue weighted by Crippen LogP contribution is -2.47. The van der Waals surface area contributed by atoms with Crippen LogP contribution >= 0.6 is 15.9 Å². The molecule has 0 spiro atoms. The predicted octanol–water partition coefficient (Wildman–Crippen LogP) is 6.36. The van der Waals surface area contributed by atoms with Crippen molar-refractivity contribution in [2.24, 2.45) is 0 Å². The summed E-state index contributed by atoms with van der Waals surface area (Å²) < 4.78 is 28.2. The zero-order valence-electron chi connectivity index (χ0n) is 20.4. The maximum Gasteiger partial charge on any atom is 0.268 e. The van der Waals surface area contributed by atoms with E-state index in [0.29, 0.717) is 28.4 Å². The van der Waals surface area contributed by atoms with Gasteiger partial charge in [-0.1, -0.05) is 95.7 Å². The highest BCUT2D eigenvalue weighted by molar-refractivity contribution is 9.10. The SMILES string of the molecule is CCC(C)(C)N1C(=O)C=C(c2ccc(CC(C(=O)c3ccccc3)c3ccccc3)cc2Br)S1(=O)=O. The summed E-state index contributed by atoms with van der Waals surface area (Å²) in [5.41, 5.74) is 2.02. The summed E-state index contributed by atoms with van der Waals surface area (Å²) in [6, 6.07) is 24.2. The molecular weight excluding hydrogens is 538 g/mol. The molecule has 0 aromatic heterocycles. The fourth-order valence-electron chi connectivity index (χ4n) is 4.42. The van der Waals surface area contributed by atoms with Gasteiger partial charge < -0.3 is 0 Å². The first kappa shape index (κ1) is 26.0. The Morgan fingerprint density at radius 1 is 0.972 bits per heavy atom. The van der Waals surface area contributed by atoms with E-state index in [0.717, 1.165) is 15.4 Å². The van der Waals surface area contributed by atoms with Crippen LogP contribution in [-0.4, -0.2) is 30.0 Å². The van der Waals surface area contributed by atoms with E-state index in [-0.39, 0.29) is 10.7 Å². The van der Waals surface area contributed by atoms with Crippen molar-refractivity contribution in [3.63, 3.8) is 0 Å². The van der Waals surface area contributed by atoms with E-state index in [4.69, 9.17) is 0 Å². The molecule has 1 aliphatic heterocycles. The lowest BCUT2D eigenvalue weighted by Gasteiger charge is -2.33. The summed E-state index contributed by atoms with van der Waals surface area (Å²) in [7, 11) is -3.99. The van der Waals surface area contributed by atoms with Crippen LogP contribution in [0.2, 0.25) is 0 Å². The molecule has 4 rings (SSSR count). The van der Waals surface area contributed by atoms with E-state index in [9.17, 15) is 18.0 Å². The highest BCUT2D eigenvalue weighted by atomic mass is 79.9. The number of sulfonamides is 1. The van der Waals surface area contributed by atoms with Crippen molar-refractivity contribution < 1.29 is 18.0 Å². The number of amides is 1. The van der Waals surface area contributed by atoms with Crippen molar-refractivity contribution >= 4 is 42.5 Å². The maximum atomic E-state index is 13.4. The van der Waals surface area contributed by atoms with Crippen molar-refractivity contribution in [2.75, 3.05) is 0 Å². The van der Waals surface area contributed by atoms with Crippen LogP contribution in [0.1, 0.15) is 60.2 Å². The summed E-state index contributed by atoms with van der Waals surface area (Å²) in [5, 5.41) is 0. The molecule has 1 aliphatic rings. The maximum absolute atomic E-state index is 13.4. The van der Waals surface area contributed by atoms with Gasteiger partial charge in [-0.15, -0.1) is 0 Å². The molecule has 5 nitrogen and oxygen atoms in total. The molecule has 0 radical (unpaired) electrons. The number of ketones is 1. The fraction of sp³-hybridized carbons (Fsp3) is 0.241. The Morgan fingerprint density at radius 2 is 1.58 bits per heavy atom. The van der Waals surface area contributed by atoms with Crippen LogP contribution in [0.25, 0.3) is 4.91 Å². The van der Waals surface area contributed by atoms with Crippen LogP contribution in [0.4, 0.5) is 0 Å². The highest BCUT2D eigenvalue weighted by Crippen LogP contribution is 2.40. The van der Waals surface area contributed by atoms with Gasteiger partial charge in [0.2, 0.25) is 0 Å². The Morgan fingerprint density at radius 3 is 2.17 bits per heavy atom. The summed E-state index contributed by atoms with van der Waals surface area (Å²) >= 11 is 3.52. The van der Waals surface area contributed by atoms with Gasteiger partial charge in [-0.3, -0.25) is 9.59 Å². The second kappa shape index (κ2) is 10.1. The third-order valence-corrected chi connectivity index (χ3v) is 9.41. The van der Waals surface area contributed by atoms with Crippen molar-refractivity contribution in [3.05, 3.63) is 112 Å². The van der Waals surface area contributed by atoms with E-state index in [1.165, 1.54) is 6.08 Å². The molecule has 186 valence electrons. The van der Waals surface area contributed by atoms with Gasteiger partial charge in [-0.05, 0) is 43.9 Å². The number of benzene rings is 3. The first-order valence-electron chi connectivity index (χ1n) is 11.8. The van der Waals surface area contributed by atoms with Crippen molar-refractivity contribution in [3.8, 4) is 0 Å². The molecule has 0 bridgehead atoms. The number of carbonyl (C=O) groups excluding carboxylic acids is 2. The summed E-state index contributed by atoms with van der Waals surface area (Å²) in [6.45, 7) is 5.33. The van der Waals surface area contributed by atoms with Gasteiger partial charge in [0.25, 0.3) is 15.9 Å². The average molecular weight is 567 g/mol. The van der Waals surface area contributed by atoms with Gasteiger partial charge >= 0.3 is 0 Å². The van der Waals surface area contributed by atoms with E-state index < -0.39 is 27.4 Å². The molecule has 7 heteroatoms. The molecular formula is C29H28BrNO4S. The van der Waals surface area contributed by atoms with Gasteiger partial charge in [0.1, 0.15) is 4.91 Å². The van der Waals surface area contributed by atoms with E-state index in [1.807, 2.05) is 79.7 Å². The third-order valence-electron chi connectivity index (χ3n) is 6.70. The smallest absolute Gasteiger partial charge is 0.268 e. The molecule has 0 fully saturated rings. The predicted molar refractivity (Wildman–Crippen MR) is 146 cm³/mol. The van der Waals surface area contributed by atoms with E-state index in [1.54, 1.807) is 19.9 Å². The Kier molecular flexibility index (Phi) is 7.34. The summed E-state index contributed by atoms with van der Waals surface area (Å²) in [5.74, 6) is -0.917. The molecule has 0 N–H and O–H groups in total. The van der Waals surface area contributed by atoms with Crippen LogP contribution in [0, 0.1) is 0 Å². The van der Waals surface area contributed by atoms with Crippen molar-refractivity contribution in [1.29, 1.82) is 0 Å². The first-order chi connectivity index (χ1) is 17.1. The lowest BCUT2D eigenvalue weighted by atomic mass is 9.85. The number of carbonyl (C=O) groups is 2.